The normalized spacial score (nSPS) is 18.4. The molecule has 0 saturated carbocycles. The minimum atomic E-state index is 0.0524. The third-order valence-corrected chi connectivity index (χ3v) is 4.00. The Balaban J connectivity index is 1.99. The van der Waals surface area contributed by atoms with Crippen molar-refractivity contribution in [1.82, 2.24) is 14.9 Å². The Morgan fingerprint density at radius 3 is 2.72 bits per heavy atom. The Bertz CT molecular complexity index is 436. The van der Waals surface area contributed by atoms with E-state index >= 15 is 0 Å². The molecule has 2 heterocycles. The van der Waals surface area contributed by atoms with Gasteiger partial charge in [-0.15, -0.1) is 0 Å². The molecule has 0 aliphatic carbocycles. The number of rotatable bonds is 3. The number of halogens is 1. The number of hydrogen-bond acceptors (Lipinski definition) is 5. The number of hydrogen-bond donors (Lipinski definition) is 0. The highest BCUT2D eigenvalue weighted by molar-refractivity contribution is 14.1. The molecule has 1 aliphatic rings. The molecule has 1 aromatic heterocycles. The van der Waals surface area contributed by atoms with Gasteiger partial charge in [-0.2, -0.15) is 5.26 Å². The first-order valence-electron chi connectivity index (χ1n) is 6.10. The summed E-state index contributed by atoms with van der Waals surface area (Å²) in [4.78, 5) is 12.9. The molecule has 1 atom stereocenters. The zero-order valence-corrected chi connectivity index (χ0v) is 12.5. The lowest BCUT2D eigenvalue weighted by atomic mass is 10.2. The molecule has 96 valence electrons. The van der Waals surface area contributed by atoms with Crippen molar-refractivity contribution in [3.8, 4) is 6.07 Å². The van der Waals surface area contributed by atoms with Gasteiger partial charge >= 0.3 is 0 Å². The SMILES string of the molecule is CCC(C#N)N1CCN(c2ncncc2I)CC1. The second kappa shape index (κ2) is 6.29. The van der Waals surface area contributed by atoms with Crippen LogP contribution in [0.5, 0.6) is 0 Å². The summed E-state index contributed by atoms with van der Waals surface area (Å²) in [6.07, 6.45) is 4.31. The summed E-state index contributed by atoms with van der Waals surface area (Å²) in [7, 11) is 0. The quantitative estimate of drug-likeness (QED) is 0.768. The molecule has 0 amide bonds. The van der Waals surface area contributed by atoms with Crippen LogP contribution in [0.2, 0.25) is 0 Å². The summed E-state index contributed by atoms with van der Waals surface area (Å²) in [5, 5.41) is 9.08. The van der Waals surface area contributed by atoms with E-state index in [0.29, 0.717) is 0 Å². The van der Waals surface area contributed by atoms with Crippen LogP contribution in [-0.2, 0) is 0 Å². The molecular weight excluding hydrogens is 341 g/mol. The smallest absolute Gasteiger partial charge is 0.145 e. The van der Waals surface area contributed by atoms with Crippen molar-refractivity contribution in [2.45, 2.75) is 19.4 Å². The lowest BCUT2D eigenvalue weighted by Gasteiger charge is -2.37. The van der Waals surface area contributed by atoms with Gasteiger partial charge in [-0.3, -0.25) is 4.90 Å². The average Bonchev–Trinajstić information content (AvgIpc) is 2.42. The fourth-order valence-electron chi connectivity index (χ4n) is 2.22. The molecule has 1 fully saturated rings. The first kappa shape index (κ1) is 13.5. The van der Waals surface area contributed by atoms with Gasteiger partial charge in [0.2, 0.25) is 0 Å². The molecule has 5 nitrogen and oxygen atoms in total. The van der Waals surface area contributed by atoms with Gasteiger partial charge in [0.15, 0.2) is 0 Å². The standard InChI is InChI=1S/C12H16IN5/c1-2-10(7-14)17-3-5-18(6-4-17)12-11(13)8-15-9-16-12/h8-10H,2-6H2,1H3. The molecule has 18 heavy (non-hydrogen) atoms. The second-order valence-electron chi connectivity index (χ2n) is 4.27. The fourth-order valence-corrected chi connectivity index (χ4v) is 2.86. The number of nitriles is 1. The number of piperazine rings is 1. The number of nitrogens with zero attached hydrogens (tertiary/aromatic N) is 5. The summed E-state index contributed by atoms with van der Waals surface area (Å²) < 4.78 is 1.08. The predicted molar refractivity (Wildman–Crippen MR) is 78.2 cm³/mol. The molecule has 1 aromatic rings. The van der Waals surface area contributed by atoms with Crippen LogP contribution in [0, 0.1) is 14.9 Å². The highest BCUT2D eigenvalue weighted by atomic mass is 127. The predicted octanol–water partition coefficient (Wildman–Crippen LogP) is 1.51. The maximum absolute atomic E-state index is 9.08. The fraction of sp³-hybridized carbons (Fsp3) is 0.583. The van der Waals surface area contributed by atoms with E-state index in [-0.39, 0.29) is 6.04 Å². The summed E-state index contributed by atoms with van der Waals surface area (Å²) >= 11 is 2.26. The molecule has 1 aliphatic heterocycles. The third kappa shape index (κ3) is 2.90. The van der Waals surface area contributed by atoms with Crippen molar-refractivity contribution in [2.24, 2.45) is 0 Å². The van der Waals surface area contributed by atoms with Gasteiger partial charge in [-0.25, -0.2) is 9.97 Å². The van der Waals surface area contributed by atoms with Crippen molar-refractivity contribution in [2.75, 3.05) is 31.1 Å². The lowest BCUT2D eigenvalue weighted by Crippen LogP contribution is -2.50. The Kier molecular flexibility index (Phi) is 4.72. The van der Waals surface area contributed by atoms with E-state index in [2.05, 4.69) is 55.4 Å². The first-order chi connectivity index (χ1) is 8.76. The Morgan fingerprint density at radius 2 is 2.17 bits per heavy atom. The topological polar surface area (TPSA) is 56.1 Å². The van der Waals surface area contributed by atoms with Crippen LogP contribution in [0.15, 0.2) is 12.5 Å². The molecule has 6 heteroatoms. The number of aromatic nitrogens is 2. The van der Waals surface area contributed by atoms with E-state index in [4.69, 9.17) is 5.26 Å². The molecule has 0 spiro atoms. The minimum Gasteiger partial charge on any atom is -0.353 e. The second-order valence-corrected chi connectivity index (χ2v) is 5.43. The van der Waals surface area contributed by atoms with Crippen LogP contribution >= 0.6 is 22.6 Å². The largest absolute Gasteiger partial charge is 0.353 e. The number of anilines is 1. The van der Waals surface area contributed by atoms with Gasteiger partial charge in [-0.05, 0) is 29.0 Å². The van der Waals surface area contributed by atoms with E-state index in [1.165, 1.54) is 0 Å². The van der Waals surface area contributed by atoms with Gasteiger partial charge < -0.3 is 4.90 Å². The molecule has 0 aromatic carbocycles. The van der Waals surface area contributed by atoms with Crippen LogP contribution in [0.1, 0.15) is 13.3 Å². The molecular formula is C12H16IN5. The maximum Gasteiger partial charge on any atom is 0.145 e. The van der Waals surface area contributed by atoms with E-state index in [1.54, 1.807) is 6.33 Å². The van der Waals surface area contributed by atoms with E-state index in [0.717, 1.165) is 42.0 Å². The third-order valence-electron chi connectivity index (χ3n) is 3.24. The molecule has 2 rings (SSSR count). The highest BCUT2D eigenvalue weighted by Crippen LogP contribution is 2.20. The zero-order valence-electron chi connectivity index (χ0n) is 10.4. The molecule has 0 bridgehead atoms. The van der Waals surface area contributed by atoms with E-state index < -0.39 is 0 Å². The Hall–Kier alpha value is -0.940. The first-order valence-corrected chi connectivity index (χ1v) is 7.18. The molecule has 0 N–H and O–H groups in total. The van der Waals surface area contributed by atoms with Crippen molar-refractivity contribution in [1.29, 1.82) is 5.26 Å². The Morgan fingerprint density at radius 1 is 1.44 bits per heavy atom. The van der Waals surface area contributed by atoms with Crippen LogP contribution in [-0.4, -0.2) is 47.1 Å². The Labute approximate surface area is 121 Å². The van der Waals surface area contributed by atoms with Crippen LogP contribution in [0.25, 0.3) is 0 Å². The van der Waals surface area contributed by atoms with Gasteiger partial charge in [0.1, 0.15) is 12.1 Å². The monoisotopic (exact) mass is 357 g/mol. The van der Waals surface area contributed by atoms with Gasteiger partial charge in [0.05, 0.1) is 15.7 Å². The average molecular weight is 357 g/mol. The summed E-state index contributed by atoms with van der Waals surface area (Å²) in [5.41, 5.74) is 0. The van der Waals surface area contributed by atoms with Crippen molar-refractivity contribution < 1.29 is 0 Å². The summed E-state index contributed by atoms with van der Waals surface area (Å²) in [6, 6.07) is 2.42. The summed E-state index contributed by atoms with van der Waals surface area (Å²) in [5.74, 6) is 1.01. The van der Waals surface area contributed by atoms with Gasteiger partial charge in [0.25, 0.3) is 0 Å². The zero-order chi connectivity index (χ0) is 13.0. The van der Waals surface area contributed by atoms with Crippen LogP contribution < -0.4 is 4.90 Å². The minimum absolute atomic E-state index is 0.0524. The lowest BCUT2D eigenvalue weighted by molar-refractivity contribution is 0.216. The van der Waals surface area contributed by atoms with Crippen molar-refractivity contribution >= 4 is 28.4 Å². The van der Waals surface area contributed by atoms with Gasteiger partial charge in [-0.1, -0.05) is 6.92 Å². The van der Waals surface area contributed by atoms with E-state index in [9.17, 15) is 0 Å². The van der Waals surface area contributed by atoms with Crippen molar-refractivity contribution in [3.05, 3.63) is 16.1 Å². The maximum atomic E-state index is 9.08. The molecule has 1 unspecified atom stereocenters. The highest BCUT2D eigenvalue weighted by Gasteiger charge is 2.23. The summed E-state index contributed by atoms with van der Waals surface area (Å²) in [6.45, 7) is 5.75. The van der Waals surface area contributed by atoms with Crippen LogP contribution in [0.3, 0.4) is 0 Å². The van der Waals surface area contributed by atoms with E-state index in [1.807, 2.05) is 6.20 Å². The molecule has 1 saturated heterocycles. The molecule has 0 radical (unpaired) electrons. The van der Waals surface area contributed by atoms with Crippen molar-refractivity contribution in [3.63, 3.8) is 0 Å². The van der Waals surface area contributed by atoms with Gasteiger partial charge in [0, 0.05) is 32.4 Å². The van der Waals surface area contributed by atoms with Crippen LogP contribution in [0.4, 0.5) is 5.82 Å².